The first-order valence-corrected chi connectivity index (χ1v) is 9.58. The van der Waals surface area contributed by atoms with Gasteiger partial charge in [0.15, 0.2) is 11.5 Å². The highest BCUT2D eigenvalue weighted by Crippen LogP contribution is 2.40. The molecule has 2 aromatic carbocycles. The van der Waals surface area contributed by atoms with Crippen LogP contribution in [0, 0.1) is 6.92 Å². The van der Waals surface area contributed by atoms with Crippen LogP contribution in [-0.4, -0.2) is 49.3 Å². The molecule has 0 unspecified atom stereocenters. The van der Waals surface area contributed by atoms with E-state index in [1.165, 1.54) is 25.2 Å². The second-order valence-corrected chi connectivity index (χ2v) is 6.83. The molecule has 0 saturated carbocycles. The number of hydrogen-bond acceptors (Lipinski definition) is 7. The molecule has 1 heterocycles. The van der Waals surface area contributed by atoms with Crippen molar-refractivity contribution in [1.82, 2.24) is 15.0 Å². The normalized spacial score (nSPS) is 10.9. The second-order valence-electron chi connectivity index (χ2n) is 6.83. The first-order valence-electron chi connectivity index (χ1n) is 9.58. The highest BCUT2D eigenvalue weighted by molar-refractivity contribution is 5.92. The van der Waals surface area contributed by atoms with E-state index in [-0.39, 0.29) is 12.5 Å². The molecule has 8 nitrogen and oxygen atoms in total. The van der Waals surface area contributed by atoms with Crippen LogP contribution in [0.5, 0.6) is 17.2 Å². The Labute approximate surface area is 181 Å². The second kappa shape index (κ2) is 9.80. The molecule has 8 heteroatoms. The molecule has 0 spiro atoms. The maximum absolute atomic E-state index is 12.6. The van der Waals surface area contributed by atoms with Crippen LogP contribution >= 0.6 is 0 Å². The maximum Gasteiger partial charge on any atom is 0.246 e. The maximum atomic E-state index is 12.6. The Morgan fingerprint density at radius 3 is 2.55 bits per heavy atom. The number of carbonyl (C=O) groups excluding carboxylic acids is 1. The summed E-state index contributed by atoms with van der Waals surface area (Å²) in [6.45, 7) is 2.18. The minimum atomic E-state index is -0.229. The fourth-order valence-corrected chi connectivity index (χ4v) is 3.05. The van der Waals surface area contributed by atoms with Crippen molar-refractivity contribution in [1.29, 1.82) is 0 Å². The van der Waals surface area contributed by atoms with Gasteiger partial charge in [-0.15, -0.1) is 0 Å². The molecule has 0 aliphatic rings. The number of rotatable bonds is 8. The summed E-state index contributed by atoms with van der Waals surface area (Å²) >= 11 is 0. The van der Waals surface area contributed by atoms with Crippen LogP contribution in [0.4, 0.5) is 0 Å². The van der Waals surface area contributed by atoms with Crippen LogP contribution in [0.1, 0.15) is 17.0 Å². The topological polar surface area (TPSA) is 86.9 Å². The lowest BCUT2D eigenvalue weighted by molar-refractivity contribution is -0.125. The first-order chi connectivity index (χ1) is 15.0. The van der Waals surface area contributed by atoms with E-state index >= 15 is 0 Å². The van der Waals surface area contributed by atoms with Crippen LogP contribution in [-0.2, 0) is 11.3 Å². The summed E-state index contributed by atoms with van der Waals surface area (Å²) in [5, 5.41) is 4.01. The minimum absolute atomic E-state index is 0.186. The van der Waals surface area contributed by atoms with Crippen molar-refractivity contribution in [2.45, 2.75) is 13.5 Å². The summed E-state index contributed by atoms with van der Waals surface area (Å²) in [6.07, 6.45) is 3.10. The predicted molar refractivity (Wildman–Crippen MR) is 116 cm³/mol. The quantitative estimate of drug-likeness (QED) is 0.510. The molecule has 162 valence electrons. The predicted octanol–water partition coefficient (Wildman–Crippen LogP) is 3.74. The summed E-state index contributed by atoms with van der Waals surface area (Å²) in [5.74, 6) is 2.10. The van der Waals surface area contributed by atoms with Crippen molar-refractivity contribution in [3.63, 3.8) is 0 Å². The Morgan fingerprint density at radius 2 is 1.87 bits per heavy atom. The van der Waals surface area contributed by atoms with E-state index in [1.807, 2.05) is 31.2 Å². The number of benzene rings is 2. The van der Waals surface area contributed by atoms with Crippen molar-refractivity contribution >= 4 is 12.0 Å². The van der Waals surface area contributed by atoms with E-state index in [2.05, 4.69) is 10.1 Å². The average Bonchev–Trinajstić information content (AvgIpc) is 3.25. The van der Waals surface area contributed by atoms with E-state index in [0.29, 0.717) is 34.5 Å². The zero-order chi connectivity index (χ0) is 22.4. The Morgan fingerprint density at radius 1 is 1.10 bits per heavy atom. The van der Waals surface area contributed by atoms with Gasteiger partial charge in [-0.05, 0) is 31.2 Å². The van der Waals surface area contributed by atoms with Gasteiger partial charge in [0, 0.05) is 24.3 Å². The number of aryl methyl sites for hydroxylation is 1. The summed E-state index contributed by atoms with van der Waals surface area (Å²) in [5.41, 5.74) is 2.65. The molecule has 0 N–H and O–H groups in total. The Balaban J connectivity index is 1.71. The summed E-state index contributed by atoms with van der Waals surface area (Å²) in [7, 11) is 6.27. The third kappa shape index (κ3) is 5.03. The lowest BCUT2D eigenvalue weighted by Crippen LogP contribution is -2.24. The zero-order valence-corrected chi connectivity index (χ0v) is 18.2. The number of likely N-dealkylation sites (N-methyl/N-ethyl adjacent to an activating group) is 1. The monoisotopic (exact) mass is 423 g/mol. The molecule has 1 amide bonds. The first kappa shape index (κ1) is 21.9. The minimum Gasteiger partial charge on any atom is -0.493 e. The number of hydrogen-bond donors (Lipinski definition) is 0. The van der Waals surface area contributed by atoms with Gasteiger partial charge in [-0.1, -0.05) is 28.9 Å². The number of ether oxygens (including phenoxy) is 3. The molecule has 31 heavy (non-hydrogen) atoms. The number of nitrogens with zero attached hydrogens (tertiary/aromatic N) is 3. The SMILES string of the molecule is COc1ccc(/C=C/C(=O)N(C)Cc2nc(-c3cccc(C)c3)no2)c(OC)c1OC. The molecule has 0 bridgehead atoms. The van der Waals surface area contributed by atoms with E-state index in [0.717, 1.165) is 11.1 Å². The van der Waals surface area contributed by atoms with Crippen LogP contribution < -0.4 is 14.2 Å². The average molecular weight is 423 g/mol. The van der Waals surface area contributed by atoms with Gasteiger partial charge in [0.1, 0.15) is 0 Å². The van der Waals surface area contributed by atoms with Gasteiger partial charge in [0.2, 0.25) is 23.4 Å². The molecular weight excluding hydrogens is 398 g/mol. The lowest BCUT2D eigenvalue weighted by atomic mass is 10.1. The van der Waals surface area contributed by atoms with E-state index < -0.39 is 0 Å². The molecule has 0 atom stereocenters. The van der Waals surface area contributed by atoms with Crippen LogP contribution in [0.3, 0.4) is 0 Å². The van der Waals surface area contributed by atoms with Crippen molar-refractivity contribution in [2.24, 2.45) is 0 Å². The third-order valence-corrected chi connectivity index (χ3v) is 4.63. The van der Waals surface area contributed by atoms with Gasteiger partial charge in [-0.25, -0.2) is 0 Å². The number of methoxy groups -OCH3 is 3. The molecule has 0 aliphatic carbocycles. The number of amides is 1. The Kier molecular flexibility index (Phi) is 6.92. The summed E-state index contributed by atoms with van der Waals surface area (Å²) < 4.78 is 21.4. The number of carbonyl (C=O) groups is 1. The molecule has 0 radical (unpaired) electrons. The fraction of sp³-hybridized carbons (Fsp3) is 0.261. The lowest BCUT2D eigenvalue weighted by Gasteiger charge is -2.14. The molecule has 0 fully saturated rings. The van der Waals surface area contributed by atoms with Gasteiger partial charge >= 0.3 is 0 Å². The molecule has 1 aromatic heterocycles. The van der Waals surface area contributed by atoms with E-state index in [1.54, 1.807) is 32.4 Å². The standard InChI is InChI=1S/C23H25N3O5/c1-15-7-6-8-17(13-15)23-24-19(31-25-23)14-26(2)20(27)12-10-16-9-11-18(28-3)22(30-5)21(16)29-4/h6-13H,14H2,1-5H3/b12-10+. The summed E-state index contributed by atoms with van der Waals surface area (Å²) in [4.78, 5) is 18.4. The third-order valence-electron chi connectivity index (χ3n) is 4.63. The van der Waals surface area contributed by atoms with Crippen molar-refractivity contribution in [3.8, 4) is 28.6 Å². The molecule has 0 saturated heterocycles. The van der Waals surface area contributed by atoms with Crippen molar-refractivity contribution in [2.75, 3.05) is 28.4 Å². The molecular formula is C23H25N3O5. The van der Waals surface area contributed by atoms with Crippen LogP contribution in [0.2, 0.25) is 0 Å². The summed E-state index contributed by atoms with van der Waals surface area (Å²) in [6, 6.07) is 11.4. The molecule has 3 rings (SSSR count). The smallest absolute Gasteiger partial charge is 0.246 e. The highest BCUT2D eigenvalue weighted by atomic mass is 16.5. The van der Waals surface area contributed by atoms with Gasteiger partial charge in [0.25, 0.3) is 0 Å². The Bertz CT molecular complexity index is 1090. The van der Waals surface area contributed by atoms with Crippen LogP contribution in [0.25, 0.3) is 17.5 Å². The van der Waals surface area contributed by atoms with Crippen molar-refractivity contribution in [3.05, 3.63) is 59.5 Å². The number of aromatic nitrogens is 2. The highest BCUT2D eigenvalue weighted by Gasteiger charge is 2.16. The Hall–Kier alpha value is -3.81. The molecule has 0 aliphatic heterocycles. The fourth-order valence-electron chi connectivity index (χ4n) is 3.05. The van der Waals surface area contributed by atoms with Gasteiger partial charge in [-0.2, -0.15) is 4.98 Å². The van der Waals surface area contributed by atoms with Gasteiger partial charge in [-0.3, -0.25) is 4.79 Å². The van der Waals surface area contributed by atoms with Gasteiger partial charge < -0.3 is 23.6 Å². The molecule has 3 aromatic rings. The van der Waals surface area contributed by atoms with E-state index in [4.69, 9.17) is 18.7 Å². The largest absolute Gasteiger partial charge is 0.493 e. The zero-order valence-electron chi connectivity index (χ0n) is 18.2. The van der Waals surface area contributed by atoms with Gasteiger partial charge in [0.05, 0.1) is 27.9 Å². The van der Waals surface area contributed by atoms with Crippen LogP contribution in [0.15, 0.2) is 47.0 Å². The van der Waals surface area contributed by atoms with Crippen molar-refractivity contribution < 1.29 is 23.5 Å². The van der Waals surface area contributed by atoms with E-state index in [9.17, 15) is 4.79 Å².